The highest BCUT2D eigenvalue weighted by Gasteiger charge is 2.19. The van der Waals surface area contributed by atoms with Crippen LogP contribution in [0.15, 0.2) is 18.2 Å². The van der Waals surface area contributed by atoms with Gasteiger partial charge in [-0.05, 0) is 31.0 Å². The second kappa shape index (κ2) is 6.25. The van der Waals surface area contributed by atoms with Crippen LogP contribution < -0.4 is 11.1 Å². The largest absolute Gasteiger partial charge is 0.464 e. The summed E-state index contributed by atoms with van der Waals surface area (Å²) in [7, 11) is 1.22. The molecule has 116 valence electrons. The Hall–Kier alpha value is -2.90. The molecule has 0 unspecified atom stereocenters. The lowest BCUT2D eigenvalue weighted by Crippen LogP contribution is -2.21. The van der Waals surface area contributed by atoms with E-state index in [-0.39, 0.29) is 24.0 Å². The number of carbonyl (C=O) groups excluding carboxylic acids is 2. The predicted octanol–water partition coefficient (Wildman–Crippen LogP) is 0.902. The number of amides is 1. The van der Waals surface area contributed by atoms with Crippen molar-refractivity contribution in [3.63, 3.8) is 0 Å². The standard InChI is InChI=1S/C14H17N5O3/c1-8-5-4-6-10(9(8)2)16-11(20)7-19-13(15)12(17-18-19)14(21)22-3/h4-6H,7,15H2,1-3H3,(H,16,20). The Balaban J connectivity index is 2.11. The van der Waals surface area contributed by atoms with Crippen molar-refractivity contribution in [3.05, 3.63) is 35.0 Å². The molecule has 0 aliphatic carbocycles. The van der Waals surface area contributed by atoms with Crippen LogP contribution in [0.5, 0.6) is 0 Å². The lowest BCUT2D eigenvalue weighted by atomic mass is 10.1. The molecule has 22 heavy (non-hydrogen) atoms. The Bertz CT molecular complexity index is 723. The maximum atomic E-state index is 12.1. The van der Waals surface area contributed by atoms with Gasteiger partial charge in [0.15, 0.2) is 5.82 Å². The van der Waals surface area contributed by atoms with E-state index >= 15 is 0 Å². The summed E-state index contributed by atoms with van der Waals surface area (Å²) in [5.41, 5.74) is 8.40. The fourth-order valence-corrected chi connectivity index (χ4v) is 1.89. The summed E-state index contributed by atoms with van der Waals surface area (Å²) >= 11 is 0. The summed E-state index contributed by atoms with van der Waals surface area (Å²) in [6, 6.07) is 5.63. The number of nitrogens with two attached hydrogens (primary N) is 1. The zero-order chi connectivity index (χ0) is 16.3. The molecule has 0 saturated carbocycles. The van der Waals surface area contributed by atoms with Crippen molar-refractivity contribution >= 4 is 23.4 Å². The van der Waals surface area contributed by atoms with Gasteiger partial charge in [-0.3, -0.25) is 4.79 Å². The van der Waals surface area contributed by atoms with Crippen LogP contribution in [-0.4, -0.2) is 34.0 Å². The lowest BCUT2D eigenvalue weighted by Gasteiger charge is -2.10. The maximum absolute atomic E-state index is 12.1. The van der Waals surface area contributed by atoms with Gasteiger partial charge in [-0.15, -0.1) is 5.10 Å². The topological polar surface area (TPSA) is 112 Å². The van der Waals surface area contributed by atoms with E-state index < -0.39 is 5.97 Å². The van der Waals surface area contributed by atoms with Crippen LogP contribution in [0, 0.1) is 13.8 Å². The Morgan fingerprint density at radius 1 is 1.36 bits per heavy atom. The first-order chi connectivity index (χ1) is 10.4. The van der Waals surface area contributed by atoms with Crippen molar-refractivity contribution < 1.29 is 14.3 Å². The molecule has 1 aromatic carbocycles. The van der Waals surface area contributed by atoms with Crippen molar-refractivity contribution in [3.8, 4) is 0 Å². The summed E-state index contributed by atoms with van der Waals surface area (Å²) in [5.74, 6) is -1.02. The van der Waals surface area contributed by atoms with E-state index in [0.29, 0.717) is 0 Å². The van der Waals surface area contributed by atoms with E-state index in [1.165, 1.54) is 7.11 Å². The van der Waals surface area contributed by atoms with Gasteiger partial charge in [-0.2, -0.15) is 0 Å². The minimum atomic E-state index is -0.696. The van der Waals surface area contributed by atoms with E-state index in [1.807, 2.05) is 32.0 Å². The van der Waals surface area contributed by atoms with Gasteiger partial charge < -0.3 is 15.8 Å². The summed E-state index contributed by atoms with van der Waals surface area (Å²) in [5, 5.41) is 10.1. The number of benzene rings is 1. The molecule has 8 heteroatoms. The number of aryl methyl sites for hydroxylation is 1. The molecule has 0 bridgehead atoms. The monoisotopic (exact) mass is 303 g/mol. The van der Waals surface area contributed by atoms with Crippen LogP contribution in [0.4, 0.5) is 11.5 Å². The molecule has 0 radical (unpaired) electrons. The van der Waals surface area contributed by atoms with Gasteiger partial charge >= 0.3 is 5.97 Å². The number of rotatable bonds is 4. The number of nitrogen functional groups attached to an aromatic ring is 1. The second-order valence-corrected chi connectivity index (χ2v) is 4.77. The van der Waals surface area contributed by atoms with Crippen molar-refractivity contribution in [2.24, 2.45) is 0 Å². The van der Waals surface area contributed by atoms with E-state index in [9.17, 15) is 9.59 Å². The third kappa shape index (κ3) is 3.05. The van der Waals surface area contributed by atoms with Gasteiger partial charge in [0.25, 0.3) is 0 Å². The molecule has 1 amide bonds. The number of methoxy groups -OCH3 is 1. The van der Waals surface area contributed by atoms with Gasteiger partial charge in [-0.1, -0.05) is 17.3 Å². The Morgan fingerprint density at radius 2 is 2.09 bits per heavy atom. The quantitative estimate of drug-likeness (QED) is 0.812. The van der Waals surface area contributed by atoms with Crippen molar-refractivity contribution in [1.29, 1.82) is 0 Å². The number of nitrogens with zero attached hydrogens (tertiary/aromatic N) is 3. The first-order valence-electron chi connectivity index (χ1n) is 6.57. The molecular weight excluding hydrogens is 286 g/mol. The SMILES string of the molecule is COC(=O)c1nnn(CC(=O)Nc2cccc(C)c2C)c1N. The van der Waals surface area contributed by atoms with E-state index in [2.05, 4.69) is 20.4 Å². The molecule has 0 fully saturated rings. The number of esters is 1. The van der Waals surface area contributed by atoms with E-state index in [1.54, 1.807) is 0 Å². The van der Waals surface area contributed by atoms with Crippen LogP contribution in [-0.2, 0) is 16.1 Å². The molecule has 2 rings (SSSR count). The fraction of sp³-hybridized carbons (Fsp3) is 0.286. The first-order valence-corrected chi connectivity index (χ1v) is 6.57. The normalized spacial score (nSPS) is 10.3. The molecule has 2 aromatic rings. The number of aromatic nitrogens is 3. The average molecular weight is 303 g/mol. The van der Waals surface area contributed by atoms with Gasteiger partial charge in [0.1, 0.15) is 6.54 Å². The number of hydrogen-bond acceptors (Lipinski definition) is 6. The molecule has 1 heterocycles. The van der Waals surface area contributed by atoms with Gasteiger partial charge in [0.05, 0.1) is 7.11 Å². The molecule has 8 nitrogen and oxygen atoms in total. The van der Waals surface area contributed by atoms with Crippen LogP contribution in [0.25, 0.3) is 0 Å². The zero-order valence-corrected chi connectivity index (χ0v) is 12.6. The molecule has 0 saturated heterocycles. The lowest BCUT2D eigenvalue weighted by molar-refractivity contribution is -0.116. The Morgan fingerprint density at radius 3 is 2.77 bits per heavy atom. The molecule has 1 aromatic heterocycles. The van der Waals surface area contributed by atoms with Crippen LogP contribution in [0.1, 0.15) is 21.6 Å². The molecular formula is C14H17N5O3. The van der Waals surface area contributed by atoms with Crippen LogP contribution >= 0.6 is 0 Å². The highest BCUT2D eigenvalue weighted by atomic mass is 16.5. The number of hydrogen-bond donors (Lipinski definition) is 2. The molecule has 0 aliphatic rings. The predicted molar refractivity (Wildman–Crippen MR) is 80.3 cm³/mol. The third-order valence-corrected chi connectivity index (χ3v) is 3.32. The number of ether oxygens (including phenoxy) is 1. The molecule has 0 spiro atoms. The third-order valence-electron chi connectivity index (χ3n) is 3.32. The Labute approximate surface area is 127 Å². The number of nitrogens with one attached hydrogen (secondary N) is 1. The summed E-state index contributed by atoms with van der Waals surface area (Å²) in [6.45, 7) is 3.73. The first kappa shape index (κ1) is 15.5. The highest BCUT2D eigenvalue weighted by molar-refractivity contribution is 5.93. The molecule has 3 N–H and O–H groups in total. The number of carbonyl (C=O) groups is 2. The average Bonchev–Trinajstić information content (AvgIpc) is 2.84. The van der Waals surface area contributed by atoms with Gasteiger partial charge in [0.2, 0.25) is 11.6 Å². The van der Waals surface area contributed by atoms with Crippen LogP contribution in [0.2, 0.25) is 0 Å². The zero-order valence-electron chi connectivity index (χ0n) is 12.6. The summed E-state index contributed by atoms with van der Waals surface area (Å²) in [6.07, 6.45) is 0. The summed E-state index contributed by atoms with van der Waals surface area (Å²) < 4.78 is 5.67. The highest BCUT2D eigenvalue weighted by Crippen LogP contribution is 2.18. The van der Waals surface area contributed by atoms with Crippen molar-refractivity contribution in [1.82, 2.24) is 15.0 Å². The fourth-order valence-electron chi connectivity index (χ4n) is 1.89. The van der Waals surface area contributed by atoms with Crippen molar-refractivity contribution in [2.45, 2.75) is 20.4 Å². The number of anilines is 2. The smallest absolute Gasteiger partial charge is 0.362 e. The van der Waals surface area contributed by atoms with E-state index in [4.69, 9.17) is 5.73 Å². The maximum Gasteiger partial charge on any atom is 0.362 e. The van der Waals surface area contributed by atoms with Gasteiger partial charge in [0, 0.05) is 5.69 Å². The van der Waals surface area contributed by atoms with Crippen molar-refractivity contribution in [2.75, 3.05) is 18.2 Å². The Kier molecular flexibility index (Phi) is 4.40. The minimum Gasteiger partial charge on any atom is -0.464 e. The van der Waals surface area contributed by atoms with E-state index in [0.717, 1.165) is 21.5 Å². The molecule has 0 atom stereocenters. The minimum absolute atomic E-state index is 0.0111. The second-order valence-electron chi connectivity index (χ2n) is 4.77. The molecule has 0 aliphatic heterocycles. The van der Waals surface area contributed by atoms with Gasteiger partial charge in [-0.25, -0.2) is 9.48 Å². The summed E-state index contributed by atoms with van der Waals surface area (Å²) in [4.78, 5) is 23.5. The van der Waals surface area contributed by atoms with Crippen LogP contribution in [0.3, 0.4) is 0 Å².